The van der Waals surface area contributed by atoms with Crippen LogP contribution in [0.3, 0.4) is 0 Å². The minimum atomic E-state index is -0.166. The van der Waals surface area contributed by atoms with Crippen LogP contribution < -0.4 is 4.90 Å². The summed E-state index contributed by atoms with van der Waals surface area (Å²) in [4.78, 5) is 22.9. The molecule has 0 spiro atoms. The molecule has 1 saturated carbocycles. The highest BCUT2D eigenvalue weighted by atomic mass is 16.5. The Bertz CT molecular complexity index is 603. The predicted octanol–water partition coefficient (Wildman–Crippen LogP) is 1.46. The van der Waals surface area contributed by atoms with Gasteiger partial charge in [-0.05, 0) is 42.4 Å². The van der Waals surface area contributed by atoms with Crippen molar-refractivity contribution in [1.29, 1.82) is 0 Å². The smallest absolute Gasteiger partial charge is 0.409 e. The first-order valence-electron chi connectivity index (χ1n) is 8.88. The maximum Gasteiger partial charge on any atom is 0.409 e. The van der Waals surface area contributed by atoms with Crippen LogP contribution in [-0.4, -0.2) is 73.8 Å². The first-order chi connectivity index (χ1) is 11.7. The monoisotopic (exact) mass is 330 g/mol. The third-order valence-corrected chi connectivity index (χ3v) is 5.87. The Hall–Kier alpha value is -1.82. The summed E-state index contributed by atoms with van der Waals surface area (Å²) in [5, 5.41) is 0. The Morgan fingerprint density at radius 1 is 1.25 bits per heavy atom. The van der Waals surface area contributed by atoms with Crippen molar-refractivity contribution in [1.82, 2.24) is 14.8 Å². The van der Waals surface area contributed by atoms with Crippen LogP contribution in [0, 0.1) is 24.7 Å². The average Bonchev–Trinajstić information content (AvgIpc) is 3.04. The van der Waals surface area contributed by atoms with Crippen molar-refractivity contribution in [3.05, 3.63) is 23.9 Å². The summed E-state index contributed by atoms with van der Waals surface area (Å²) in [7, 11) is 1.46. The van der Waals surface area contributed by atoms with E-state index in [1.165, 1.54) is 19.2 Å². The van der Waals surface area contributed by atoms with Gasteiger partial charge in [0.25, 0.3) is 0 Å². The molecule has 1 aliphatic carbocycles. The number of methoxy groups -OCH3 is 1. The summed E-state index contributed by atoms with van der Waals surface area (Å²) in [5.41, 5.74) is 1.27. The van der Waals surface area contributed by atoms with Gasteiger partial charge in [0, 0.05) is 52.0 Å². The topological polar surface area (TPSA) is 48.9 Å². The molecule has 3 heterocycles. The van der Waals surface area contributed by atoms with E-state index >= 15 is 0 Å². The van der Waals surface area contributed by atoms with Crippen LogP contribution in [-0.2, 0) is 4.74 Å². The van der Waals surface area contributed by atoms with Gasteiger partial charge < -0.3 is 14.5 Å². The Morgan fingerprint density at radius 2 is 1.96 bits per heavy atom. The number of carbonyl (C=O) groups is 1. The van der Waals surface area contributed by atoms with Crippen molar-refractivity contribution in [2.75, 3.05) is 57.8 Å². The first-order valence-corrected chi connectivity index (χ1v) is 8.88. The van der Waals surface area contributed by atoms with E-state index in [4.69, 9.17) is 4.74 Å². The number of piperidine rings is 1. The predicted molar refractivity (Wildman–Crippen MR) is 92.1 cm³/mol. The highest BCUT2D eigenvalue weighted by Crippen LogP contribution is 2.52. The number of aryl methyl sites for hydroxylation is 1. The number of hydrogen-bond acceptors (Lipinski definition) is 5. The van der Waals surface area contributed by atoms with Gasteiger partial charge in [-0.2, -0.15) is 0 Å². The maximum atomic E-state index is 11.6. The molecule has 6 heteroatoms. The molecule has 1 amide bonds. The van der Waals surface area contributed by atoms with Gasteiger partial charge in [0.2, 0.25) is 0 Å². The Morgan fingerprint density at radius 3 is 2.58 bits per heavy atom. The molecule has 3 atom stereocenters. The quantitative estimate of drug-likeness (QED) is 0.840. The second-order valence-electron chi connectivity index (χ2n) is 7.35. The third-order valence-electron chi connectivity index (χ3n) is 5.87. The number of aromatic nitrogens is 1. The number of amides is 1. The van der Waals surface area contributed by atoms with E-state index in [2.05, 4.69) is 27.8 Å². The number of anilines is 1. The lowest BCUT2D eigenvalue weighted by Crippen LogP contribution is -2.47. The van der Waals surface area contributed by atoms with Gasteiger partial charge in [0.05, 0.1) is 7.11 Å². The van der Waals surface area contributed by atoms with Crippen molar-refractivity contribution in [3.8, 4) is 0 Å². The van der Waals surface area contributed by atoms with E-state index in [1.54, 1.807) is 0 Å². The van der Waals surface area contributed by atoms with Crippen molar-refractivity contribution < 1.29 is 9.53 Å². The summed E-state index contributed by atoms with van der Waals surface area (Å²) in [6, 6.07) is 4.21. The highest BCUT2D eigenvalue weighted by molar-refractivity contribution is 5.68. The van der Waals surface area contributed by atoms with Gasteiger partial charge in [-0.25, -0.2) is 9.78 Å². The molecule has 0 bridgehead atoms. The molecule has 6 nitrogen and oxygen atoms in total. The number of rotatable bonds is 3. The third kappa shape index (κ3) is 2.95. The molecule has 1 unspecified atom stereocenters. The van der Waals surface area contributed by atoms with E-state index in [0.29, 0.717) is 11.8 Å². The summed E-state index contributed by atoms with van der Waals surface area (Å²) in [6.07, 6.45) is 1.73. The number of piperazine rings is 1. The zero-order valence-electron chi connectivity index (χ0n) is 14.5. The Balaban J connectivity index is 1.23. The Labute approximate surface area is 143 Å². The van der Waals surface area contributed by atoms with Crippen LogP contribution >= 0.6 is 0 Å². The number of carbonyl (C=O) groups excluding carboxylic acids is 1. The minimum Gasteiger partial charge on any atom is -0.453 e. The van der Waals surface area contributed by atoms with Gasteiger partial charge >= 0.3 is 6.09 Å². The van der Waals surface area contributed by atoms with E-state index in [0.717, 1.165) is 51.0 Å². The van der Waals surface area contributed by atoms with Crippen LogP contribution in [0.25, 0.3) is 0 Å². The zero-order chi connectivity index (χ0) is 16.7. The fourth-order valence-electron chi connectivity index (χ4n) is 4.35. The lowest BCUT2D eigenvalue weighted by Gasteiger charge is -2.36. The second kappa shape index (κ2) is 6.24. The summed E-state index contributed by atoms with van der Waals surface area (Å²) < 4.78 is 4.82. The molecule has 1 aromatic rings. The number of likely N-dealkylation sites (tertiary alicyclic amines) is 1. The summed E-state index contributed by atoms with van der Waals surface area (Å²) >= 11 is 0. The molecule has 2 saturated heterocycles. The molecule has 0 radical (unpaired) electrons. The number of ether oxygens (including phenoxy) is 1. The van der Waals surface area contributed by atoms with E-state index in [-0.39, 0.29) is 6.09 Å². The lowest BCUT2D eigenvalue weighted by molar-refractivity contribution is 0.124. The van der Waals surface area contributed by atoms with Gasteiger partial charge in [-0.15, -0.1) is 0 Å². The minimum absolute atomic E-state index is 0.166. The van der Waals surface area contributed by atoms with Crippen LogP contribution in [0.15, 0.2) is 18.3 Å². The summed E-state index contributed by atoms with van der Waals surface area (Å²) in [6.45, 7) is 9.37. The molecule has 130 valence electrons. The molecule has 1 aromatic heterocycles. The normalized spacial score (nSPS) is 29.5. The van der Waals surface area contributed by atoms with Crippen molar-refractivity contribution in [3.63, 3.8) is 0 Å². The van der Waals surface area contributed by atoms with Crippen molar-refractivity contribution in [2.24, 2.45) is 17.8 Å². The zero-order valence-corrected chi connectivity index (χ0v) is 14.5. The van der Waals surface area contributed by atoms with E-state index in [9.17, 15) is 4.79 Å². The lowest BCUT2D eigenvalue weighted by atomic mass is 10.2. The van der Waals surface area contributed by atoms with Gasteiger partial charge in [0.15, 0.2) is 0 Å². The van der Waals surface area contributed by atoms with Crippen LogP contribution in [0.4, 0.5) is 10.6 Å². The SMILES string of the molecule is COC(=O)N1C[C@@H]2C(CN3CCN(c4cc(C)ccn4)CC3)[C@@H]2C1. The fourth-order valence-corrected chi connectivity index (χ4v) is 4.35. The number of hydrogen-bond donors (Lipinski definition) is 0. The standard InChI is InChI=1S/C18H26N4O2/c1-13-3-4-19-17(9-13)21-7-5-20(6-8-21)10-14-15-11-22(12-16(14)15)18(23)24-2/h3-4,9,14-16H,5-8,10-12H2,1-2H3/t14?,15-,16+. The molecule has 24 heavy (non-hydrogen) atoms. The maximum absolute atomic E-state index is 11.6. The largest absolute Gasteiger partial charge is 0.453 e. The first kappa shape index (κ1) is 15.7. The van der Waals surface area contributed by atoms with Gasteiger partial charge in [0.1, 0.15) is 5.82 Å². The molecule has 0 N–H and O–H groups in total. The molecule has 3 fully saturated rings. The molecule has 3 aliphatic rings. The summed E-state index contributed by atoms with van der Waals surface area (Å²) in [5.74, 6) is 3.27. The Kier molecular flexibility index (Phi) is 4.08. The molecular formula is C18H26N4O2. The van der Waals surface area contributed by atoms with E-state index < -0.39 is 0 Å². The van der Waals surface area contributed by atoms with Gasteiger partial charge in [-0.3, -0.25) is 4.90 Å². The van der Waals surface area contributed by atoms with E-state index in [1.807, 2.05) is 17.2 Å². The number of nitrogens with zero attached hydrogens (tertiary/aromatic N) is 4. The number of fused-ring (bicyclic) bond motifs is 1. The van der Waals surface area contributed by atoms with Crippen molar-refractivity contribution >= 4 is 11.9 Å². The van der Waals surface area contributed by atoms with Crippen LogP contribution in [0.1, 0.15) is 5.56 Å². The molecule has 0 aromatic carbocycles. The second-order valence-corrected chi connectivity index (χ2v) is 7.35. The van der Waals surface area contributed by atoms with Gasteiger partial charge in [-0.1, -0.05) is 0 Å². The highest BCUT2D eigenvalue weighted by Gasteiger charge is 2.56. The average molecular weight is 330 g/mol. The number of pyridine rings is 1. The molecule has 2 aliphatic heterocycles. The van der Waals surface area contributed by atoms with Crippen LogP contribution in [0.2, 0.25) is 0 Å². The molecule has 4 rings (SSSR count). The fraction of sp³-hybridized carbons (Fsp3) is 0.667. The van der Waals surface area contributed by atoms with Crippen molar-refractivity contribution in [2.45, 2.75) is 6.92 Å². The molecular weight excluding hydrogens is 304 g/mol. The van der Waals surface area contributed by atoms with Crippen LogP contribution in [0.5, 0.6) is 0 Å².